The van der Waals surface area contributed by atoms with Crippen LogP contribution in [0.15, 0.2) is 24.3 Å². The summed E-state index contributed by atoms with van der Waals surface area (Å²) in [7, 11) is 0. The van der Waals surface area contributed by atoms with Gasteiger partial charge in [0.2, 0.25) is 0 Å². The molecule has 2 aromatic rings. The normalized spacial score (nSPS) is 11.6. The standard InChI is InChI=1S/C15H18FN3/c1-9-5-6-10(7-11(9)16)12-8-13(17)19-14(18-12)15(2,3)4/h5-8H,1-4H3,(H2,17,18,19). The minimum absolute atomic E-state index is 0.201. The zero-order chi connectivity index (χ0) is 14.2. The van der Waals surface area contributed by atoms with E-state index in [1.807, 2.05) is 26.8 Å². The molecule has 2 N–H and O–H groups in total. The second-order valence-electron chi connectivity index (χ2n) is 5.72. The largest absolute Gasteiger partial charge is 0.384 e. The molecule has 1 heterocycles. The summed E-state index contributed by atoms with van der Waals surface area (Å²) in [5.41, 5.74) is 7.59. The van der Waals surface area contributed by atoms with Crippen molar-refractivity contribution in [3.8, 4) is 11.3 Å². The summed E-state index contributed by atoms with van der Waals surface area (Å²) in [5.74, 6) is 0.811. The quantitative estimate of drug-likeness (QED) is 0.853. The van der Waals surface area contributed by atoms with Crippen LogP contribution in [0.1, 0.15) is 32.2 Å². The van der Waals surface area contributed by atoms with Crippen molar-refractivity contribution >= 4 is 5.82 Å². The van der Waals surface area contributed by atoms with Crippen LogP contribution in [-0.4, -0.2) is 9.97 Å². The molecule has 0 radical (unpaired) electrons. The van der Waals surface area contributed by atoms with Crippen LogP contribution in [0.25, 0.3) is 11.3 Å². The highest BCUT2D eigenvalue weighted by Gasteiger charge is 2.19. The van der Waals surface area contributed by atoms with E-state index >= 15 is 0 Å². The summed E-state index contributed by atoms with van der Waals surface area (Å²) in [6.45, 7) is 7.78. The molecule has 0 saturated heterocycles. The smallest absolute Gasteiger partial charge is 0.136 e. The fraction of sp³-hybridized carbons (Fsp3) is 0.333. The van der Waals surface area contributed by atoms with Crippen molar-refractivity contribution < 1.29 is 4.39 Å². The van der Waals surface area contributed by atoms with E-state index in [1.54, 1.807) is 19.1 Å². The van der Waals surface area contributed by atoms with Crippen LogP contribution in [0.4, 0.5) is 10.2 Å². The number of anilines is 1. The monoisotopic (exact) mass is 259 g/mol. The Morgan fingerprint density at radius 2 is 1.79 bits per heavy atom. The predicted octanol–water partition coefficient (Wildman–Crippen LogP) is 3.47. The maximum atomic E-state index is 13.6. The molecule has 0 fully saturated rings. The van der Waals surface area contributed by atoms with E-state index in [4.69, 9.17) is 5.73 Å². The number of halogens is 1. The summed E-state index contributed by atoms with van der Waals surface area (Å²) in [6, 6.07) is 6.72. The Balaban J connectivity index is 2.56. The molecule has 1 aromatic heterocycles. The van der Waals surface area contributed by atoms with Crippen LogP contribution in [0, 0.1) is 12.7 Å². The molecule has 19 heavy (non-hydrogen) atoms. The predicted molar refractivity (Wildman–Crippen MR) is 75.3 cm³/mol. The van der Waals surface area contributed by atoms with Crippen molar-refractivity contribution in [2.45, 2.75) is 33.1 Å². The van der Waals surface area contributed by atoms with Gasteiger partial charge in [0.15, 0.2) is 0 Å². The van der Waals surface area contributed by atoms with Crippen molar-refractivity contribution in [2.24, 2.45) is 0 Å². The number of hydrogen-bond donors (Lipinski definition) is 1. The fourth-order valence-corrected chi connectivity index (χ4v) is 1.70. The van der Waals surface area contributed by atoms with Gasteiger partial charge in [-0.05, 0) is 18.6 Å². The highest BCUT2D eigenvalue weighted by Crippen LogP contribution is 2.25. The molecule has 0 unspecified atom stereocenters. The van der Waals surface area contributed by atoms with Crippen molar-refractivity contribution in [3.63, 3.8) is 0 Å². The lowest BCUT2D eigenvalue weighted by Gasteiger charge is -2.17. The Bertz CT molecular complexity index is 615. The first-order chi connectivity index (χ1) is 8.77. The average molecular weight is 259 g/mol. The molecule has 4 heteroatoms. The van der Waals surface area contributed by atoms with Crippen LogP contribution in [0.3, 0.4) is 0 Å². The molecule has 0 aliphatic rings. The van der Waals surface area contributed by atoms with E-state index in [0.29, 0.717) is 28.5 Å². The molecule has 0 aliphatic carbocycles. The third-order valence-electron chi connectivity index (χ3n) is 2.88. The van der Waals surface area contributed by atoms with Gasteiger partial charge in [0.05, 0.1) is 5.69 Å². The first-order valence-corrected chi connectivity index (χ1v) is 6.19. The van der Waals surface area contributed by atoms with Crippen molar-refractivity contribution in [1.82, 2.24) is 9.97 Å². The van der Waals surface area contributed by atoms with Gasteiger partial charge in [-0.1, -0.05) is 32.9 Å². The Morgan fingerprint density at radius 1 is 1.11 bits per heavy atom. The minimum atomic E-state index is -0.244. The maximum absolute atomic E-state index is 13.6. The van der Waals surface area contributed by atoms with E-state index in [0.717, 1.165) is 0 Å². The molecular formula is C15H18FN3. The van der Waals surface area contributed by atoms with Crippen LogP contribution < -0.4 is 5.73 Å². The molecule has 100 valence electrons. The Kier molecular flexibility index (Phi) is 3.27. The van der Waals surface area contributed by atoms with Gasteiger partial charge in [-0.3, -0.25) is 0 Å². The number of nitrogens with zero attached hydrogens (tertiary/aromatic N) is 2. The lowest BCUT2D eigenvalue weighted by molar-refractivity contribution is 0.547. The topological polar surface area (TPSA) is 51.8 Å². The second kappa shape index (κ2) is 4.61. The van der Waals surface area contributed by atoms with Crippen LogP contribution in [0.5, 0.6) is 0 Å². The zero-order valence-electron chi connectivity index (χ0n) is 11.7. The molecule has 0 amide bonds. The molecule has 2 rings (SSSR count). The second-order valence-corrected chi connectivity index (χ2v) is 5.72. The highest BCUT2D eigenvalue weighted by molar-refractivity contribution is 5.62. The molecule has 0 atom stereocenters. The first kappa shape index (κ1) is 13.5. The molecule has 1 aromatic carbocycles. The lowest BCUT2D eigenvalue weighted by atomic mass is 9.95. The Labute approximate surface area is 112 Å². The maximum Gasteiger partial charge on any atom is 0.136 e. The number of nitrogens with two attached hydrogens (primary N) is 1. The summed E-state index contributed by atoms with van der Waals surface area (Å²) >= 11 is 0. The number of nitrogen functional groups attached to an aromatic ring is 1. The number of rotatable bonds is 1. The summed E-state index contributed by atoms with van der Waals surface area (Å²) in [6.07, 6.45) is 0. The Hall–Kier alpha value is -1.97. The van der Waals surface area contributed by atoms with E-state index < -0.39 is 0 Å². The number of benzene rings is 1. The van der Waals surface area contributed by atoms with E-state index in [9.17, 15) is 4.39 Å². The van der Waals surface area contributed by atoms with Gasteiger partial charge >= 0.3 is 0 Å². The number of aryl methyl sites for hydroxylation is 1. The van der Waals surface area contributed by atoms with Gasteiger partial charge in [0, 0.05) is 17.0 Å². The highest BCUT2D eigenvalue weighted by atomic mass is 19.1. The molecule has 3 nitrogen and oxygen atoms in total. The van der Waals surface area contributed by atoms with E-state index in [2.05, 4.69) is 9.97 Å². The summed E-state index contributed by atoms with van der Waals surface area (Å²) in [4.78, 5) is 8.73. The average Bonchev–Trinajstić information content (AvgIpc) is 2.31. The third-order valence-corrected chi connectivity index (χ3v) is 2.88. The van der Waals surface area contributed by atoms with Gasteiger partial charge in [-0.25, -0.2) is 14.4 Å². The summed E-state index contributed by atoms with van der Waals surface area (Å²) < 4.78 is 13.6. The first-order valence-electron chi connectivity index (χ1n) is 6.19. The van der Waals surface area contributed by atoms with Gasteiger partial charge in [0.25, 0.3) is 0 Å². The van der Waals surface area contributed by atoms with Gasteiger partial charge in [0.1, 0.15) is 17.5 Å². The van der Waals surface area contributed by atoms with Crippen molar-refractivity contribution in [3.05, 3.63) is 41.5 Å². The van der Waals surface area contributed by atoms with Crippen LogP contribution in [0.2, 0.25) is 0 Å². The number of hydrogen-bond acceptors (Lipinski definition) is 3. The zero-order valence-corrected chi connectivity index (χ0v) is 11.7. The minimum Gasteiger partial charge on any atom is -0.384 e. The lowest BCUT2D eigenvalue weighted by Crippen LogP contribution is -2.17. The van der Waals surface area contributed by atoms with E-state index in [-0.39, 0.29) is 11.2 Å². The van der Waals surface area contributed by atoms with E-state index in [1.165, 1.54) is 6.07 Å². The van der Waals surface area contributed by atoms with Crippen molar-refractivity contribution in [1.29, 1.82) is 0 Å². The van der Waals surface area contributed by atoms with Crippen LogP contribution in [-0.2, 0) is 5.41 Å². The van der Waals surface area contributed by atoms with Crippen LogP contribution >= 0.6 is 0 Å². The molecule has 0 aliphatic heterocycles. The molecule has 0 spiro atoms. The molecule has 0 bridgehead atoms. The van der Waals surface area contributed by atoms with Gasteiger partial charge < -0.3 is 5.73 Å². The molecule has 0 saturated carbocycles. The fourth-order valence-electron chi connectivity index (χ4n) is 1.70. The third kappa shape index (κ3) is 2.89. The van der Waals surface area contributed by atoms with Crippen molar-refractivity contribution in [2.75, 3.05) is 5.73 Å². The van der Waals surface area contributed by atoms with Gasteiger partial charge in [-0.2, -0.15) is 0 Å². The Morgan fingerprint density at radius 3 is 2.37 bits per heavy atom. The summed E-state index contributed by atoms with van der Waals surface area (Å²) in [5, 5.41) is 0. The van der Waals surface area contributed by atoms with Gasteiger partial charge in [-0.15, -0.1) is 0 Å². The molecular weight excluding hydrogens is 241 g/mol. The SMILES string of the molecule is Cc1ccc(-c2cc(N)nc(C(C)(C)C)n2)cc1F. The number of aromatic nitrogens is 2.